The Balaban J connectivity index is 1.78. The molecule has 0 saturated heterocycles. The smallest absolute Gasteiger partial charge is 0.249 e. The number of hydrogen-bond donors (Lipinski definition) is 2. The number of rotatable bonds is 4. The minimum absolute atomic E-state index is 0.304. The molecule has 1 aromatic heterocycles. The van der Waals surface area contributed by atoms with Gasteiger partial charge >= 0.3 is 0 Å². The Kier molecular flexibility index (Phi) is 5.39. The summed E-state index contributed by atoms with van der Waals surface area (Å²) in [6.07, 6.45) is 3.83. The van der Waals surface area contributed by atoms with Gasteiger partial charge in [-0.05, 0) is 36.2 Å². The van der Waals surface area contributed by atoms with E-state index < -0.39 is 0 Å². The number of thiophene rings is 1. The van der Waals surface area contributed by atoms with E-state index in [2.05, 4.69) is 16.7 Å². The van der Waals surface area contributed by atoms with Crippen LogP contribution in [0.1, 0.15) is 21.6 Å². The summed E-state index contributed by atoms with van der Waals surface area (Å²) < 4.78 is 5.16. The van der Waals surface area contributed by atoms with Gasteiger partial charge in [0.05, 0.1) is 17.7 Å². The second-order valence-corrected chi connectivity index (χ2v) is 6.92. The molecule has 1 amide bonds. The van der Waals surface area contributed by atoms with E-state index in [0.29, 0.717) is 26.9 Å². The number of carbonyl (C=O) groups is 1. The molecule has 0 fully saturated rings. The van der Waals surface area contributed by atoms with Crippen LogP contribution >= 0.6 is 22.9 Å². The zero-order valence-electron chi connectivity index (χ0n) is 13.6. The van der Waals surface area contributed by atoms with Crippen LogP contribution in [0.2, 0.25) is 5.02 Å². The number of methoxy groups -OCH3 is 1. The molecule has 0 atom stereocenters. The summed E-state index contributed by atoms with van der Waals surface area (Å²) in [5.41, 5.74) is 2.30. The molecule has 1 aromatic carbocycles. The second kappa shape index (κ2) is 7.70. The van der Waals surface area contributed by atoms with Crippen molar-refractivity contribution in [3.63, 3.8) is 0 Å². The first-order chi connectivity index (χ1) is 12.1. The molecule has 0 spiro atoms. The fourth-order valence-corrected chi connectivity index (χ4v) is 4.11. The summed E-state index contributed by atoms with van der Waals surface area (Å²) in [4.78, 5) is 13.4. The Morgan fingerprint density at radius 2 is 2.36 bits per heavy atom. The predicted molar refractivity (Wildman–Crippen MR) is 100 cm³/mol. The first kappa shape index (κ1) is 17.5. The highest BCUT2D eigenvalue weighted by atomic mass is 35.5. The Hall–Kier alpha value is -2.33. The average Bonchev–Trinajstić information content (AvgIpc) is 2.97. The molecule has 0 radical (unpaired) electrons. The zero-order chi connectivity index (χ0) is 17.8. The molecular weight excluding hydrogens is 358 g/mol. The van der Waals surface area contributed by atoms with E-state index in [0.717, 1.165) is 30.0 Å². The fraction of sp³-hybridized carbons (Fsp3) is 0.222. The van der Waals surface area contributed by atoms with Crippen LogP contribution in [0.5, 0.6) is 5.75 Å². The highest BCUT2D eigenvalue weighted by Crippen LogP contribution is 2.35. The summed E-state index contributed by atoms with van der Waals surface area (Å²) in [5, 5.41) is 16.5. The highest BCUT2D eigenvalue weighted by molar-refractivity contribution is 7.16. The maximum absolute atomic E-state index is 12.2. The van der Waals surface area contributed by atoms with Crippen LogP contribution in [0.25, 0.3) is 6.08 Å². The van der Waals surface area contributed by atoms with Gasteiger partial charge in [0.25, 0.3) is 0 Å². The number of amides is 1. The number of nitriles is 1. The molecule has 2 aromatic rings. The Bertz CT molecular complexity index is 883. The van der Waals surface area contributed by atoms with Gasteiger partial charge in [0.2, 0.25) is 5.91 Å². The lowest BCUT2D eigenvalue weighted by atomic mass is 10.1. The topological polar surface area (TPSA) is 74.1 Å². The van der Waals surface area contributed by atoms with Crippen molar-refractivity contribution in [1.29, 1.82) is 5.26 Å². The number of benzene rings is 1. The van der Waals surface area contributed by atoms with Crippen molar-refractivity contribution in [2.75, 3.05) is 19.0 Å². The Labute approximate surface area is 154 Å². The zero-order valence-corrected chi connectivity index (χ0v) is 15.1. The lowest BCUT2D eigenvalue weighted by molar-refractivity contribution is -0.111. The Morgan fingerprint density at radius 1 is 1.52 bits per heavy atom. The number of ether oxygens (including phenoxy) is 1. The van der Waals surface area contributed by atoms with Crippen molar-refractivity contribution >= 4 is 39.9 Å². The molecule has 1 aliphatic heterocycles. The monoisotopic (exact) mass is 373 g/mol. The first-order valence-corrected chi connectivity index (χ1v) is 8.90. The van der Waals surface area contributed by atoms with Crippen LogP contribution in [0.4, 0.5) is 5.00 Å². The summed E-state index contributed by atoms with van der Waals surface area (Å²) in [5.74, 6) is 0.247. The molecule has 0 aliphatic carbocycles. The van der Waals surface area contributed by atoms with Crippen molar-refractivity contribution in [2.45, 2.75) is 13.0 Å². The van der Waals surface area contributed by atoms with Gasteiger partial charge < -0.3 is 15.4 Å². The Morgan fingerprint density at radius 3 is 3.12 bits per heavy atom. The van der Waals surface area contributed by atoms with E-state index in [-0.39, 0.29) is 5.91 Å². The van der Waals surface area contributed by atoms with Gasteiger partial charge in [-0.25, -0.2) is 0 Å². The summed E-state index contributed by atoms with van der Waals surface area (Å²) >= 11 is 7.66. The number of halogens is 1. The predicted octanol–water partition coefficient (Wildman–Crippen LogP) is 3.58. The molecule has 0 bridgehead atoms. The lowest BCUT2D eigenvalue weighted by Crippen LogP contribution is -2.22. The quantitative estimate of drug-likeness (QED) is 0.803. The molecule has 3 rings (SSSR count). The van der Waals surface area contributed by atoms with Crippen molar-refractivity contribution in [3.05, 3.63) is 50.9 Å². The molecule has 0 saturated carbocycles. The second-order valence-electron chi connectivity index (χ2n) is 5.43. The van der Waals surface area contributed by atoms with Crippen LogP contribution < -0.4 is 15.4 Å². The van der Waals surface area contributed by atoms with Gasteiger partial charge in [-0.3, -0.25) is 4.79 Å². The van der Waals surface area contributed by atoms with Gasteiger partial charge in [-0.2, -0.15) is 5.26 Å². The SMILES string of the molecule is COc1cccc(C=CC(=O)Nc2sc3c(c2C#N)CCNC3)c1Cl. The van der Waals surface area contributed by atoms with Crippen molar-refractivity contribution in [3.8, 4) is 11.8 Å². The van der Waals surface area contributed by atoms with Crippen LogP contribution in [0.3, 0.4) is 0 Å². The van der Waals surface area contributed by atoms with Gasteiger partial charge in [-0.1, -0.05) is 23.7 Å². The summed E-state index contributed by atoms with van der Waals surface area (Å²) in [7, 11) is 1.54. The highest BCUT2D eigenvalue weighted by Gasteiger charge is 2.21. The molecule has 2 N–H and O–H groups in total. The van der Waals surface area contributed by atoms with Crippen molar-refractivity contribution < 1.29 is 9.53 Å². The molecular formula is C18H16ClN3O2S. The molecule has 2 heterocycles. The van der Waals surface area contributed by atoms with Crippen LogP contribution in [0, 0.1) is 11.3 Å². The number of nitrogens with zero attached hydrogens (tertiary/aromatic N) is 1. The molecule has 128 valence electrons. The normalized spacial score (nSPS) is 13.3. The van der Waals surface area contributed by atoms with Gasteiger partial charge in [0.15, 0.2) is 0 Å². The van der Waals surface area contributed by atoms with E-state index in [1.54, 1.807) is 24.3 Å². The van der Waals surface area contributed by atoms with E-state index in [1.165, 1.54) is 24.5 Å². The largest absolute Gasteiger partial charge is 0.495 e. The van der Waals surface area contributed by atoms with Crippen molar-refractivity contribution in [2.24, 2.45) is 0 Å². The fourth-order valence-electron chi connectivity index (χ4n) is 2.67. The van der Waals surface area contributed by atoms with E-state index >= 15 is 0 Å². The first-order valence-electron chi connectivity index (χ1n) is 7.71. The van der Waals surface area contributed by atoms with Crippen LogP contribution in [-0.4, -0.2) is 19.6 Å². The van der Waals surface area contributed by atoms with E-state index in [4.69, 9.17) is 16.3 Å². The third-order valence-corrected chi connectivity index (χ3v) is 5.46. The third-order valence-electron chi connectivity index (χ3n) is 3.90. The maximum atomic E-state index is 12.2. The van der Waals surface area contributed by atoms with Crippen molar-refractivity contribution in [1.82, 2.24) is 5.32 Å². The molecule has 7 heteroatoms. The third kappa shape index (κ3) is 3.69. The van der Waals surface area contributed by atoms with Gasteiger partial charge in [-0.15, -0.1) is 11.3 Å². The van der Waals surface area contributed by atoms with Crippen LogP contribution in [0.15, 0.2) is 24.3 Å². The minimum Gasteiger partial charge on any atom is -0.495 e. The number of hydrogen-bond acceptors (Lipinski definition) is 5. The van der Waals surface area contributed by atoms with E-state index in [1.807, 2.05) is 0 Å². The van der Waals surface area contributed by atoms with Crippen LogP contribution in [-0.2, 0) is 17.8 Å². The number of anilines is 1. The minimum atomic E-state index is -0.304. The number of nitrogens with one attached hydrogen (secondary N) is 2. The average molecular weight is 374 g/mol. The molecule has 1 aliphatic rings. The van der Waals surface area contributed by atoms with Gasteiger partial charge in [0.1, 0.15) is 16.8 Å². The number of fused-ring (bicyclic) bond motifs is 1. The molecule has 0 unspecified atom stereocenters. The molecule has 25 heavy (non-hydrogen) atoms. The molecule has 5 nitrogen and oxygen atoms in total. The number of carbonyl (C=O) groups excluding carboxylic acids is 1. The summed E-state index contributed by atoms with van der Waals surface area (Å²) in [6.45, 7) is 1.58. The van der Waals surface area contributed by atoms with E-state index in [9.17, 15) is 10.1 Å². The standard InChI is InChI=1S/C18H16ClN3O2S/c1-24-14-4-2-3-11(17(14)19)5-6-16(23)22-18-13(9-20)12-7-8-21-10-15(12)25-18/h2-6,21H,7-8,10H2,1H3,(H,22,23). The maximum Gasteiger partial charge on any atom is 0.249 e. The summed E-state index contributed by atoms with van der Waals surface area (Å²) in [6, 6.07) is 7.56. The lowest BCUT2D eigenvalue weighted by Gasteiger charge is -2.11. The van der Waals surface area contributed by atoms with Gasteiger partial charge in [0, 0.05) is 17.5 Å².